The summed E-state index contributed by atoms with van der Waals surface area (Å²) in [6.45, 7) is 4.87. The first-order chi connectivity index (χ1) is 9.51. The van der Waals surface area contributed by atoms with Gasteiger partial charge in [-0.05, 0) is 36.2 Å². The topological polar surface area (TPSA) is 69.0 Å². The Labute approximate surface area is 126 Å². The van der Waals surface area contributed by atoms with Gasteiger partial charge in [0, 0.05) is 19.6 Å². The number of carbonyl (C=O) groups excluding carboxylic acids is 1. The number of fused-ring (bicyclic) bond motifs is 1. The molecule has 0 bridgehead atoms. The number of nitrogens with zero attached hydrogens (tertiary/aromatic N) is 3. The van der Waals surface area contributed by atoms with E-state index in [1.165, 1.54) is 0 Å². The summed E-state index contributed by atoms with van der Waals surface area (Å²) >= 11 is 3.31. The van der Waals surface area contributed by atoms with E-state index in [4.69, 9.17) is 4.74 Å². The molecular formula is C13H19BrN4O2. The van der Waals surface area contributed by atoms with Crippen LogP contribution in [-0.2, 0) is 29.1 Å². The summed E-state index contributed by atoms with van der Waals surface area (Å²) in [7, 11) is 1.62. The number of hydrogen-bond acceptors (Lipinski definition) is 4. The number of nitrogens with one attached hydrogen (secondary N) is 1. The molecular weight excluding hydrogens is 324 g/mol. The third kappa shape index (κ3) is 3.46. The average Bonchev–Trinajstić information content (AvgIpc) is 2.79. The van der Waals surface area contributed by atoms with Crippen molar-refractivity contribution >= 4 is 21.8 Å². The minimum Gasteiger partial charge on any atom is -0.377 e. The Balaban J connectivity index is 2.01. The van der Waals surface area contributed by atoms with Crippen LogP contribution >= 0.6 is 15.9 Å². The molecule has 1 aliphatic heterocycles. The van der Waals surface area contributed by atoms with Crippen molar-refractivity contribution in [2.45, 2.75) is 45.9 Å². The molecule has 1 aromatic rings. The van der Waals surface area contributed by atoms with Crippen molar-refractivity contribution in [3.63, 3.8) is 0 Å². The normalized spacial score (nSPS) is 17.5. The van der Waals surface area contributed by atoms with E-state index in [-0.39, 0.29) is 11.9 Å². The van der Waals surface area contributed by atoms with Gasteiger partial charge in [0.15, 0.2) is 5.82 Å². The molecule has 0 saturated heterocycles. The molecule has 1 atom stereocenters. The lowest BCUT2D eigenvalue weighted by atomic mass is 10.1. The van der Waals surface area contributed by atoms with E-state index in [9.17, 15) is 4.79 Å². The van der Waals surface area contributed by atoms with Crippen LogP contribution in [0.1, 0.15) is 31.9 Å². The van der Waals surface area contributed by atoms with Crippen LogP contribution in [0, 0.1) is 0 Å². The second-order valence-electron chi connectivity index (χ2n) is 5.08. The van der Waals surface area contributed by atoms with Crippen molar-refractivity contribution in [2.24, 2.45) is 0 Å². The fourth-order valence-corrected chi connectivity index (χ4v) is 2.26. The molecule has 20 heavy (non-hydrogen) atoms. The van der Waals surface area contributed by atoms with Gasteiger partial charge in [-0.25, -0.2) is 9.67 Å². The van der Waals surface area contributed by atoms with Crippen LogP contribution in [0.2, 0.25) is 0 Å². The van der Waals surface area contributed by atoms with Gasteiger partial charge < -0.3 is 10.1 Å². The van der Waals surface area contributed by atoms with E-state index >= 15 is 0 Å². The summed E-state index contributed by atoms with van der Waals surface area (Å²) in [5.41, 5.74) is 0.960. The number of allylic oxidation sites excluding steroid dienone is 1. The highest BCUT2D eigenvalue weighted by Crippen LogP contribution is 2.16. The highest BCUT2D eigenvalue weighted by Gasteiger charge is 2.23. The number of methoxy groups -OCH3 is 1. The van der Waals surface area contributed by atoms with Crippen LogP contribution in [0.4, 0.5) is 0 Å². The number of aromatic nitrogens is 3. The number of rotatable bonds is 4. The highest BCUT2D eigenvalue weighted by molar-refractivity contribution is 9.12. The Kier molecular flexibility index (Phi) is 4.93. The van der Waals surface area contributed by atoms with Gasteiger partial charge in [0.05, 0.1) is 11.0 Å². The van der Waals surface area contributed by atoms with E-state index in [1.807, 2.05) is 18.5 Å². The van der Waals surface area contributed by atoms with Crippen LogP contribution in [-0.4, -0.2) is 33.8 Å². The minimum atomic E-state index is -0.0734. The number of amides is 1. The lowest BCUT2D eigenvalue weighted by Crippen LogP contribution is -2.41. The molecule has 0 spiro atoms. The molecule has 1 amide bonds. The maximum atomic E-state index is 12.0. The van der Waals surface area contributed by atoms with Gasteiger partial charge in [-0.1, -0.05) is 5.57 Å². The molecule has 0 saturated carbocycles. The van der Waals surface area contributed by atoms with E-state index < -0.39 is 0 Å². The third-order valence-electron chi connectivity index (χ3n) is 3.15. The molecule has 0 aliphatic carbocycles. The third-order valence-corrected chi connectivity index (χ3v) is 4.30. The monoisotopic (exact) mass is 342 g/mol. The first-order valence-electron chi connectivity index (χ1n) is 6.56. The van der Waals surface area contributed by atoms with Crippen molar-refractivity contribution < 1.29 is 9.53 Å². The quantitative estimate of drug-likeness (QED) is 0.842. The van der Waals surface area contributed by atoms with Gasteiger partial charge in [-0.15, -0.1) is 0 Å². The SMILES string of the molecule is COCc1nc2n(n1)CC(NC(=O)C(Br)=C(C)C)CC2. The van der Waals surface area contributed by atoms with E-state index in [1.54, 1.807) is 7.11 Å². The van der Waals surface area contributed by atoms with Crippen molar-refractivity contribution in [1.82, 2.24) is 20.1 Å². The largest absolute Gasteiger partial charge is 0.377 e. The molecule has 0 fully saturated rings. The van der Waals surface area contributed by atoms with Crippen molar-refractivity contribution in [1.29, 1.82) is 0 Å². The first-order valence-corrected chi connectivity index (χ1v) is 7.36. The fourth-order valence-electron chi connectivity index (χ4n) is 2.14. The molecule has 0 aromatic carbocycles. The molecule has 110 valence electrons. The lowest BCUT2D eigenvalue weighted by Gasteiger charge is -2.23. The maximum Gasteiger partial charge on any atom is 0.258 e. The van der Waals surface area contributed by atoms with Gasteiger partial charge in [0.25, 0.3) is 5.91 Å². The zero-order valence-corrected chi connectivity index (χ0v) is 13.5. The van der Waals surface area contributed by atoms with Crippen molar-refractivity contribution in [2.75, 3.05) is 7.11 Å². The van der Waals surface area contributed by atoms with Gasteiger partial charge >= 0.3 is 0 Å². The number of hydrogen-bond donors (Lipinski definition) is 1. The zero-order valence-electron chi connectivity index (χ0n) is 11.9. The lowest BCUT2D eigenvalue weighted by molar-refractivity contribution is -0.117. The van der Waals surface area contributed by atoms with Crippen LogP contribution in [0.25, 0.3) is 0 Å². The average molecular weight is 343 g/mol. The molecule has 1 unspecified atom stereocenters. The second kappa shape index (κ2) is 6.49. The number of carbonyl (C=O) groups is 1. The number of aryl methyl sites for hydroxylation is 1. The molecule has 6 nitrogen and oxygen atoms in total. The Bertz CT molecular complexity index is 534. The highest BCUT2D eigenvalue weighted by atomic mass is 79.9. The summed E-state index contributed by atoms with van der Waals surface area (Å²) < 4.78 is 7.49. The second-order valence-corrected chi connectivity index (χ2v) is 5.88. The predicted molar refractivity (Wildman–Crippen MR) is 78.3 cm³/mol. The number of ether oxygens (including phenoxy) is 1. The van der Waals surface area contributed by atoms with E-state index in [2.05, 4.69) is 31.3 Å². The summed E-state index contributed by atoms with van der Waals surface area (Å²) in [5.74, 6) is 1.58. The Morgan fingerprint density at radius 3 is 2.95 bits per heavy atom. The van der Waals surface area contributed by atoms with Crippen molar-refractivity contribution in [3.8, 4) is 0 Å². The Morgan fingerprint density at radius 2 is 2.30 bits per heavy atom. The minimum absolute atomic E-state index is 0.0734. The standard InChI is InChI=1S/C13H19BrN4O2/c1-8(2)12(14)13(19)15-9-4-5-11-16-10(7-20-3)17-18(11)6-9/h9H,4-7H2,1-3H3,(H,15,19). The Hall–Kier alpha value is -1.21. The van der Waals surface area contributed by atoms with Gasteiger partial charge in [0.2, 0.25) is 0 Å². The summed E-state index contributed by atoms with van der Waals surface area (Å²) in [6.07, 6.45) is 1.69. The smallest absolute Gasteiger partial charge is 0.258 e. The fraction of sp³-hybridized carbons (Fsp3) is 0.615. The molecule has 0 radical (unpaired) electrons. The maximum absolute atomic E-state index is 12.0. The van der Waals surface area contributed by atoms with Crippen LogP contribution < -0.4 is 5.32 Å². The van der Waals surface area contributed by atoms with Gasteiger partial charge in [-0.3, -0.25) is 4.79 Å². The molecule has 1 aromatic heterocycles. The van der Waals surface area contributed by atoms with Crippen molar-refractivity contribution in [3.05, 3.63) is 21.7 Å². The predicted octanol–water partition coefficient (Wildman–Crippen LogP) is 1.54. The molecule has 1 aliphatic rings. The summed E-state index contributed by atoms with van der Waals surface area (Å²) in [4.78, 5) is 16.4. The molecule has 7 heteroatoms. The zero-order chi connectivity index (χ0) is 14.7. The van der Waals surface area contributed by atoms with Gasteiger partial charge in [-0.2, -0.15) is 5.10 Å². The number of halogens is 1. The molecule has 1 N–H and O–H groups in total. The molecule has 2 heterocycles. The van der Waals surface area contributed by atoms with E-state index in [0.29, 0.717) is 23.5 Å². The van der Waals surface area contributed by atoms with Crippen LogP contribution in [0.3, 0.4) is 0 Å². The first kappa shape index (κ1) is 15.2. The van der Waals surface area contributed by atoms with Crippen LogP contribution in [0.5, 0.6) is 0 Å². The Morgan fingerprint density at radius 1 is 1.55 bits per heavy atom. The van der Waals surface area contributed by atoms with Crippen LogP contribution in [0.15, 0.2) is 10.1 Å². The van der Waals surface area contributed by atoms with Gasteiger partial charge in [0.1, 0.15) is 12.4 Å². The molecule has 2 rings (SSSR count). The van der Waals surface area contributed by atoms with E-state index in [0.717, 1.165) is 24.2 Å². The summed E-state index contributed by atoms with van der Waals surface area (Å²) in [5, 5.41) is 7.40. The summed E-state index contributed by atoms with van der Waals surface area (Å²) in [6, 6.07) is 0.0824.